The largest absolute Gasteiger partial charge is 0.488 e. The smallest absolute Gasteiger partial charge is 0.231 e. The highest BCUT2D eigenvalue weighted by Crippen LogP contribution is 2.38. The average molecular weight is 286 g/mol. The van der Waals surface area contributed by atoms with Gasteiger partial charge in [-0.25, -0.2) is 0 Å². The molecule has 2 aromatic rings. The SMILES string of the molecule is CC(N)Cc1cc2c(cc1OCc1ccncc1)OCO2. The second kappa shape index (κ2) is 6.01. The van der Waals surface area contributed by atoms with Crippen LogP contribution >= 0.6 is 0 Å². The Labute approximate surface area is 123 Å². The van der Waals surface area contributed by atoms with Gasteiger partial charge in [0.15, 0.2) is 11.5 Å². The first-order chi connectivity index (χ1) is 10.2. The number of rotatable bonds is 5. The van der Waals surface area contributed by atoms with Crippen LogP contribution in [0.2, 0.25) is 0 Å². The van der Waals surface area contributed by atoms with E-state index in [0.717, 1.165) is 29.0 Å². The lowest BCUT2D eigenvalue weighted by Gasteiger charge is -2.14. The van der Waals surface area contributed by atoms with Crippen LogP contribution in [-0.4, -0.2) is 17.8 Å². The number of nitrogens with two attached hydrogens (primary N) is 1. The van der Waals surface area contributed by atoms with Gasteiger partial charge >= 0.3 is 0 Å². The van der Waals surface area contributed by atoms with Crippen molar-refractivity contribution >= 4 is 0 Å². The maximum absolute atomic E-state index is 5.93. The van der Waals surface area contributed by atoms with Crippen molar-refractivity contribution in [3.05, 3.63) is 47.8 Å². The molecule has 2 N–H and O–H groups in total. The Morgan fingerprint density at radius 3 is 2.67 bits per heavy atom. The number of benzene rings is 1. The maximum Gasteiger partial charge on any atom is 0.231 e. The lowest BCUT2D eigenvalue weighted by molar-refractivity contribution is 0.173. The molecule has 1 aromatic heterocycles. The van der Waals surface area contributed by atoms with Crippen molar-refractivity contribution in [2.45, 2.75) is 26.0 Å². The van der Waals surface area contributed by atoms with Gasteiger partial charge in [-0.2, -0.15) is 0 Å². The first kappa shape index (κ1) is 13.7. The van der Waals surface area contributed by atoms with Crippen molar-refractivity contribution in [2.75, 3.05) is 6.79 Å². The lowest BCUT2D eigenvalue weighted by atomic mass is 10.1. The number of nitrogens with zero attached hydrogens (tertiary/aromatic N) is 1. The number of fused-ring (bicyclic) bond motifs is 1. The summed E-state index contributed by atoms with van der Waals surface area (Å²) in [7, 11) is 0. The number of pyridine rings is 1. The third-order valence-corrected chi connectivity index (χ3v) is 3.24. The minimum atomic E-state index is 0.0497. The van der Waals surface area contributed by atoms with Crippen LogP contribution in [0.4, 0.5) is 0 Å². The van der Waals surface area contributed by atoms with Crippen LogP contribution in [0.1, 0.15) is 18.1 Å². The van der Waals surface area contributed by atoms with E-state index in [-0.39, 0.29) is 12.8 Å². The minimum absolute atomic E-state index is 0.0497. The van der Waals surface area contributed by atoms with Crippen molar-refractivity contribution in [2.24, 2.45) is 5.73 Å². The van der Waals surface area contributed by atoms with E-state index >= 15 is 0 Å². The van der Waals surface area contributed by atoms with Crippen LogP contribution in [0.15, 0.2) is 36.7 Å². The number of hydrogen-bond acceptors (Lipinski definition) is 5. The molecule has 0 radical (unpaired) electrons. The van der Waals surface area contributed by atoms with Gasteiger partial charge in [0.25, 0.3) is 0 Å². The summed E-state index contributed by atoms with van der Waals surface area (Å²) in [5.74, 6) is 2.25. The first-order valence-corrected chi connectivity index (χ1v) is 6.92. The molecule has 1 aromatic carbocycles. The summed E-state index contributed by atoms with van der Waals surface area (Å²) in [5.41, 5.74) is 8.01. The van der Waals surface area contributed by atoms with Crippen LogP contribution in [0, 0.1) is 0 Å². The molecule has 5 nitrogen and oxygen atoms in total. The molecule has 0 spiro atoms. The van der Waals surface area contributed by atoms with Crippen LogP contribution < -0.4 is 19.9 Å². The highest BCUT2D eigenvalue weighted by atomic mass is 16.7. The predicted molar refractivity (Wildman–Crippen MR) is 78.5 cm³/mol. The monoisotopic (exact) mass is 286 g/mol. The molecule has 1 aliphatic heterocycles. The second-order valence-corrected chi connectivity index (χ2v) is 5.14. The van der Waals surface area contributed by atoms with E-state index < -0.39 is 0 Å². The van der Waals surface area contributed by atoms with Gasteiger partial charge in [0.05, 0.1) is 0 Å². The Bertz CT molecular complexity index is 614. The van der Waals surface area contributed by atoms with Crippen molar-refractivity contribution in [1.82, 2.24) is 4.98 Å². The molecular formula is C16H18N2O3. The van der Waals surface area contributed by atoms with E-state index in [0.29, 0.717) is 12.4 Å². The van der Waals surface area contributed by atoms with Crippen LogP contribution in [0.3, 0.4) is 0 Å². The van der Waals surface area contributed by atoms with Gasteiger partial charge in [-0.1, -0.05) is 0 Å². The standard InChI is InChI=1S/C16H18N2O3/c1-11(17)6-13-7-15-16(21-10-20-15)8-14(13)19-9-12-2-4-18-5-3-12/h2-5,7-8,11H,6,9-10,17H2,1H3. The molecule has 1 unspecified atom stereocenters. The average Bonchev–Trinajstić information content (AvgIpc) is 2.92. The molecule has 1 atom stereocenters. The molecule has 0 amide bonds. The quantitative estimate of drug-likeness (QED) is 0.913. The van der Waals surface area contributed by atoms with Crippen molar-refractivity contribution in [1.29, 1.82) is 0 Å². The highest BCUT2D eigenvalue weighted by Gasteiger charge is 2.18. The summed E-state index contributed by atoms with van der Waals surface area (Å²) in [6, 6.07) is 7.74. The fourth-order valence-electron chi connectivity index (χ4n) is 2.25. The van der Waals surface area contributed by atoms with Gasteiger partial charge in [-0.15, -0.1) is 0 Å². The zero-order valence-electron chi connectivity index (χ0n) is 11.9. The normalized spacial score (nSPS) is 14.0. The third-order valence-electron chi connectivity index (χ3n) is 3.24. The summed E-state index contributed by atoms with van der Waals surface area (Å²) in [4.78, 5) is 4.00. The molecule has 2 heterocycles. The molecule has 110 valence electrons. The van der Waals surface area contributed by atoms with E-state index in [1.165, 1.54) is 0 Å². The summed E-state index contributed by atoms with van der Waals surface area (Å²) < 4.78 is 16.7. The highest BCUT2D eigenvalue weighted by molar-refractivity contribution is 5.52. The molecular weight excluding hydrogens is 268 g/mol. The molecule has 0 saturated heterocycles. The minimum Gasteiger partial charge on any atom is -0.488 e. The van der Waals surface area contributed by atoms with Gasteiger partial charge < -0.3 is 19.9 Å². The zero-order valence-corrected chi connectivity index (χ0v) is 11.9. The van der Waals surface area contributed by atoms with E-state index in [1.807, 2.05) is 31.2 Å². The van der Waals surface area contributed by atoms with E-state index in [2.05, 4.69) is 4.98 Å². The Hall–Kier alpha value is -2.27. The Morgan fingerprint density at radius 1 is 1.24 bits per heavy atom. The molecule has 0 fully saturated rings. The maximum atomic E-state index is 5.93. The van der Waals surface area contributed by atoms with Gasteiger partial charge in [0.1, 0.15) is 12.4 Å². The zero-order chi connectivity index (χ0) is 14.7. The third kappa shape index (κ3) is 3.25. The molecule has 0 aliphatic carbocycles. The number of aromatic nitrogens is 1. The molecule has 3 rings (SSSR count). The van der Waals surface area contributed by atoms with Gasteiger partial charge in [0.2, 0.25) is 6.79 Å². The van der Waals surface area contributed by atoms with Crippen molar-refractivity contribution in [3.63, 3.8) is 0 Å². The Balaban J connectivity index is 1.82. The van der Waals surface area contributed by atoms with Crippen molar-refractivity contribution < 1.29 is 14.2 Å². The summed E-state index contributed by atoms with van der Waals surface area (Å²) in [6.07, 6.45) is 4.23. The van der Waals surface area contributed by atoms with Crippen LogP contribution in [-0.2, 0) is 13.0 Å². The topological polar surface area (TPSA) is 66.6 Å². The second-order valence-electron chi connectivity index (χ2n) is 5.14. The van der Waals surface area contributed by atoms with Crippen LogP contribution in [0.5, 0.6) is 17.2 Å². The lowest BCUT2D eigenvalue weighted by Crippen LogP contribution is -2.18. The molecule has 0 bridgehead atoms. The van der Waals surface area contributed by atoms with Crippen LogP contribution in [0.25, 0.3) is 0 Å². The van der Waals surface area contributed by atoms with Gasteiger partial charge in [-0.3, -0.25) is 4.98 Å². The fraction of sp³-hybridized carbons (Fsp3) is 0.312. The van der Waals surface area contributed by atoms with E-state index in [1.54, 1.807) is 12.4 Å². The number of hydrogen-bond donors (Lipinski definition) is 1. The number of ether oxygens (including phenoxy) is 3. The molecule has 1 aliphatic rings. The first-order valence-electron chi connectivity index (χ1n) is 6.92. The van der Waals surface area contributed by atoms with E-state index in [4.69, 9.17) is 19.9 Å². The Morgan fingerprint density at radius 2 is 1.95 bits per heavy atom. The molecule has 5 heteroatoms. The van der Waals surface area contributed by atoms with Gasteiger partial charge in [0, 0.05) is 24.5 Å². The summed E-state index contributed by atoms with van der Waals surface area (Å²) >= 11 is 0. The fourth-order valence-corrected chi connectivity index (χ4v) is 2.25. The van der Waals surface area contributed by atoms with Gasteiger partial charge in [-0.05, 0) is 42.7 Å². The predicted octanol–water partition coefficient (Wildman–Crippen LogP) is 2.28. The summed E-state index contributed by atoms with van der Waals surface area (Å²) in [6.45, 7) is 2.70. The Kier molecular flexibility index (Phi) is 3.92. The molecule has 21 heavy (non-hydrogen) atoms. The van der Waals surface area contributed by atoms with Crippen molar-refractivity contribution in [3.8, 4) is 17.2 Å². The summed E-state index contributed by atoms with van der Waals surface area (Å²) in [5, 5.41) is 0. The molecule has 0 saturated carbocycles. The van der Waals surface area contributed by atoms with E-state index in [9.17, 15) is 0 Å².